The van der Waals surface area contributed by atoms with E-state index in [1.54, 1.807) is 4.90 Å². The number of piperidine rings is 1. The Hall–Kier alpha value is -3.22. The van der Waals surface area contributed by atoms with Gasteiger partial charge in [-0.25, -0.2) is 9.59 Å². The fourth-order valence-corrected chi connectivity index (χ4v) is 3.33. The second kappa shape index (κ2) is 10.9. The highest BCUT2D eigenvalue weighted by Gasteiger charge is 2.25. The van der Waals surface area contributed by atoms with Crippen molar-refractivity contribution < 1.29 is 23.8 Å². The Morgan fingerprint density at radius 1 is 0.969 bits per heavy atom. The summed E-state index contributed by atoms with van der Waals surface area (Å²) in [5.41, 5.74) is 1.42. The molecule has 3 rings (SSSR count). The van der Waals surface area contributed by atoms with Gasteiger partial charge in [-0.15, -0.1) is 0 Å². The first kappa shape index (κ1) is 23.4. The third-order valence-electron chi connectivity index (χ3n) is 4.97. The van der Waals surface area contributed by atoms with Crippen LogP contribution in [0, 0.1) is 0 Å². The van der Waals surface area contributed by atoms with Gasteiger partial charge >= 0.3 is 12.2 Å². The van der Waals surface area contributed by atoms with Gasteiger partial charge in [0.1, 0.15) is 24.1 Å². The summed E-state index contributed by atoms with van der Waals surface area (Å²) in [6.45, 7) is 7.38. The van der Waals surface area contributed by atoms with E-state index in [-0.39, 0.29) is 18.8 Å². The third-order valence-corrected chi connectivity index (χ3v) is 4.97. The number of hydrogen-bond acceptors (Lipinski definition) is 5. The van der Waals surface area contributed by atoms with E-state index in [9.17, 15) is 9.59 Å². The van der Waals surface area contributed by atoms with E-state index < -0.39 is 11.7 Å². The van der Waals surface area contributed by atoms with Crippen LogP contribution in [0.4, 0.5) is 9.59 Å². The number of ether oxygens (including phenoxy) is 3. The first-order valence-corrected chi connectivity index (χ1v) is 11.0. The molecular formula is C25H32N2O5. The molecular weight excluding hydrogens is 408 g/mol. The minimum atomic E-state index is -0.518. The van der Waals surface area contributed by atoms with Crippen LogP contribution in [0.25, 0.3) is 0 Å². The van der Waals surface area contributed by atoms with Crippen molar-refractivity contribution >= 4 is 12.2 Å². The maximum atomic E-state index is 12.3. The number of likely N-dealkylation sites (tertiary alicyclic amines) is 1. The lowest BCUT2D eigenvalue weighted by molar-refractivity contribution is 0.0523. The number of amides is 2. The lowest BCUT2D eigenvalue weighted by Gasteiger charge is -2.31. The zero-order chi connectivity index (χ0) is 23.0. The first-order chi connectivity index (χ1) is 15.3. The molecule has 0 spiro atoms. The highest BCUT2D eigenvalue weighted by Crippen LogP contribution is 2.20. The van der Waals surface area contributed by atoms with Crippen LogP contribution in [0.2, 0.25) is 0 Å². The van der Waals surface area contributed by atoms with Crippen molar-refractivity contribution in [1.29, 1.82) is 0 Å². The van der Waals surface area contributed by atoms with Gasteiger partial charge in [-0.1, -0.05) is 42.5 Å². The highest BCUT2D eigenvalue weighted by molar-refractivity contribution is 5.68. The van der Waals surface area contributed by atoms with Gasteiger partial charge in [0.15, 0.2) is 0 Å². The molecule has 1 heterocycles. The van der Waals surface area contributed by atoms with Gasteiger partial charge in [-0.2, -0.15) is 0 Å². The highest BCUT2D eigenvalue weighted by atomic mass is 16.6. The second-order valence-electron chi connectivity index (χ2n) is 8.84. The van der Waals surface area contributed by atoms with Crippen LogP contribution in [0.1, 0.15) is 44.7 Å². The zero-order valence-corrected chi connectivity index (χ0v) is 19.0. The maximum Gasteiger partial charge on any atom is 0.410 e. The number of carbonyl (C=O) groups excluding carboxylic acids is 2. The molecule has 1 fully saturated rings. The zero-order valence-electron chi connectivity index (χ0n) is 19.0. The van der Waals surface area contributed by atoms with E-state index in [0.717, 1.165) is 29.7 Å². The molecule has 32 heavy (non-hydrogen) atoms. The van der Waals surface area contributed by atoms with Crippen LogP contribution in [0.3, 0.4) is 0 Å². The van der Waals surface area contributed by atoms with Crippen LogP contribution >= 0.6 is 0 Å². The third kappa shape index (κ3) is 7.80. The average molecular weight is 441 g/mol. The van der Waals surface area contributed by atoms with E-state index >= 15 is 0 Å². The van der Waals surface area contributed by atoms with Gasteiger partial charge in [0.2, 0.25) is 0 Å². The molecule has 1 N–H and O–H groups in total. The van der Waals surface area contributed by atoms with E-state index in [2.05, 4.69) is 5.32 Å². The standard InChI is InChI=1S/C25H32N2O5/c1-25(2,3)32-23(28)26-17-19-9-11-21(12-10-19)31-22-13-15-27(16-14-22)24(29)30-18-20-7-5-4-6-8-20/h4-12,22H,13-18H2,1-3H3,(H,26,28). The van der Waals surface area contributed by atoms with Crippen molar-refractivity contribution in [1.82, 2.24) is 10.2 Å². The van der Waals surface area contributed by atoms with Crippen molar-refractivity contribution in [2.24, 2.45) is 0 Å². The van der Waals surface area contributed by atoms with Crippen molar-refractivity contribution in [3.05, 3.63) is 65.7 Å². The number of nitrogens with zero attached hydrogens (tertiary/aromatic N) is 1. The molecule has 0 unspecified atom stereocenters. The van der Waals surface area contributed by atoms with Crippen molar-refractivity contribution in [2.75, 3.05) is 13.1 Å². The normalized spacial score (nSPS) is 14.5. The monoisotopic (exact) mass is 440 g/mol. The van der Waals surface area contributed by atoms with Gasteiger partial charge in [0, 0.05) is 32.5 Å². The van der Waals surface area contributed by atoms with Crippen LogP contribution in [-0.2, 0) is 22.6 Å². The minimum Gasteiger partial charge on any atom is -0.490 e. The molecule has 1 aliphatic heterocycles. The Balaban J connectivity index is 1.37. The van der Waals surface area contributed by atoms with Crippen LogP contribution in [-0.4, -0.2) is 41.9 Å². The van der Waals surface area contributed by atoms with Crippen LogP contribution < -0.4 is 10.1 Å². The smallest absolute Gasteiger partial charge is 0.410 e. The van der Waals surface area contributed by atoms with Gasteiger partial charge in [-0.05, 0) is 44.0 Å². The predicted molar refractivity (Wildman–Crippen MR) is 121 cm³/mol. The molecule has 0 saturated carbocycles. The van der Waals surface area contributed by atoms with E-state index in [4.69, 9.17) is 14.2 Å². The lowest BCUT2D eigenvalue weighted by atomic mass is 10.1. The summed E-state index contributed by atoms with van der Waals surface area (Å²) < 4.78 is 16.7. The summed E-state index contributed by atoms with van der Waals surface area (Å²) in [6, 6.07) is 17.3. The Labute approximate surface area is 189 Å². The Bertz CT molecular complexity index is 869. The summed E-state index contributed by atoms with van der Waals surface area (Å²) >= 11 is 0. The van der Waals surface area contributed by atoms with Gasteiger partial charge in [0.25, 0.3) is 0 Å². The number of rotatable bonds is 6. The molecule has 172 valence electrons. The van der Waals surface area contributed by atoms with E-state index in [1.807, 2.05) is 75.4 Å². The molecule has 2 amide bonds. The SMILES string of the molecule is CC(C)(C)OC(=O)NCc1ccc(OC2CCN(C(=O)OCc3ccccc3)CC2)cc1. The topological polar surface area (TPSA) is 77.1 Å². The Morgan fingerprint density at radius 3 is 2.25 bits per heavy atom. The van der Waals surface area contributed by atoms with E-state index in [1.165, 1.54) is 0 Å². The number of alkyl carbamates (subject to hydrolysis) is 1. The Kier molecular flexibility index (Phi) is 7.98. The molecule has 0 bridgehead atoms. The number of nitrogens with one attached hydrogen (secondary N) is 1. The molecule has 1 saturated heterocycles. The van der Waals surface area contributed by atoms with Gasteiger partial charge in [0.05, 0.1) is 0 Å². The largest absolute Gasteiger partial charge is 0.490 e. The van der Waals surface area contributed by atoms with Crippen molar-refractivity contribution in [2.45, 2.75) is 58.5 Å². The maximum absolute atomic E-state index is 12.3. The number of hydrogen-bond donors (Lipinski definition) is 1. The number of carbonyl (C=O) groups is 2. The number of benzene rings is 2. The first-order valence-electron chi connectivity index (χ1n) is 11.0. The minimum absolute atomic E-state index is 0.0545. The summed E-state index contributed by atoms with van der Waals surface area (Å²) in [4.78, 5) is 25.8. The fourth-order valence-electron chi connectivity index (χ4n) is 3.33. The van der Waals surface area contributed by atoms with Crippen LogP contribution in [0.15, 0.2) is 54.6 Å². The summed E-state index contributed by atoms with van der Waals surface area (Å²) in [5, 5.41) is 2.74. The van der Waals surface area contributed by atoms with E-state index in [0.29, 0.717) is 19.6 Å². The fraction of sp³-hybridized carbons (Fsp3) is 0.440. The van der Waals surface area contributed by atoms with Crippen LogP contribution in [0.5, 0.6) is 5.75 Å². The van der Waals surface area contributed by atoms with Gasteiger partial charge < -0.3 is 24.4 Å². The molecule has 7 heteroatoms. The molecule has 1 aliphatic rings. The second-order valence-corrected chi connectivity index (χ2v) is 8.84. The Morgan fingerprint density at radius 2 is 1.62 bits per heavy atom. The average Bonchev–Trinajstić information content (AvgIpc) is 2.77. The van der Waals surface area contributed by atoms with Crippen molar-refractivity contribution in [3.63, 3.8) is 0 Å². The van der Waals surface area contributed by atoms with Gasteiger partial charge in [-0.3, -0.25) is 0 Å². The summed E-state index contributed by atoms with van der Waals surface area (Å²) in [6.07, 6.45) is 0.838. The summed E-state index contributed by atoms with van der Waals surface area (Å²) in [7, 11) is 0. The molecule has 7 nitrogen and oxygen atoms in total. The predicted octanol–water partition coefficient (Wildman–Crippen LogP) is 4.89. The molecule has 2 aromatic carbocycles. The molecule has 0 radical (unpaired) electrons. The lowest BCUT2D eigenvalue weighted by Crippen LogP contribution is -2.42. The summed E-state index contributed by atoms with van der Waals surface area (Å²) in [5.74, 6) is 0.774. The molecule has 0 aromatic heterocycles. The molecule has 2 aromatic rings. The molecule has 0 atom stereocenters. The van der Waals surface area contributed by atoms with Crippen molar-refractivity contribution in [3.8, 4) is 5.75 Å². The quantitative estimate of drug-likeness (QED) is 0.692. The molecule has 0 aliphatic carbocycles.